The molecule has 0 aromatic heterocycles. The molecule has 0 unspecified atom stereocenters. The highest BCUT2D eigenvalue weighted by molar-refractivity contribution is 5.88. The Hall–Kier alpha value is -3.02. The second-order valence-electron chi connectivity index (χ2n) is 6.97. The number of hydrogen-bond donors (Lipinski definition) is 1. The molecule has 0 fully saturated rings. The highest BCUT2D eigenvalue weighted by atomic mass is 16.5. The molecule has 0 aliphatic carbocycles. The molecular formula is C23H30N2O4. The van der Waals surface area contributed by atoms with Gasteiger partial charge < -0.3 is 19.7 Å². The lowest BCUT2D eigenvalue weighted by molar-refractivity contribution is -0.142. The minimum absolute atomic E-state index is 0.0410. The number of para-hydroxylation sites is 1. The van der Waals surface area contributed by atoms with Crippen molar-refractivity contribution < 1.29 is 19.1 Å². The van der Waals surface area contributed by atoms with E-state index in [0.717, 1.165) is 12.0 Å². The molecule has 0 radical (unpaired) electrons. The Balaban J connectivity index is 2.16. The highest BCUT2D eigenvalue weighted by Gasteiger charge is 2.27. The van der Waals surface area contributed by atoms with Gasteiger partial charge in [-0.1, -0.05) is 37.3 Å². The zero-order valence-electron chi connectivity index (χ0n) is 17.6. The van der Waals surface area contributed by atoms with Gasteiger partial charge in [0.1, 0.15) is 17.5 Å². The van der Waals surface area contributed by atoms with Gasteiger partial charge in [-0.05, 0) is 50.1 Å². The number of benzene rings is 2. The van der Waals surface area contributed by atoms with E-state index in [1.807, 2.05) is 56.3 Å². The molecule has 2 amide bonds. The molecule has 0 saturated carbocycles. The molecule has 6 heteroatoms. The van der Waals surface area contributed by atoms with Crippen molar-refractivity contribution >= 4 is 11.8 Å². The van der Waals surface area contributed by atoms with E-state index >= 15 is 0 Å². The second-order valence-corrected chi connectivity index (χ2v) is 6.97. The van der Waals surface area contributed by atoms with Gasteiger partial charge >= 0.3 is 0 Å². The van der Waals surface area contributed by atoms with Gasteiger partial charge in [-0.25, -0.2) is 0 Å². The van der Waals surface area contributed by atoms with Gasteiger partial charge in [0, 0.05) is 12.6 Å². The van der Waals surface area contributed by atoms with Crippen LogP contribution in [0.2, 0.25) is 0 Å². The zero-order chi connectivity index (χ0) is 21.2. The standard InChI is InChI=1S/C23H30N2O4/c1-5-17(2)24-23(27)18(3)25(15-19-10-9-13-21(14-19)28-4)22(26)16-29-20-11-7-6-8-12-20/h6-14,17-18H,5,15-16H2,1-4H3,(H,24,27)/t17-,18-/m0/s1. The molecular weight excluding hydrogens is 368 g/mol. The first kappa shape index (κ1) is 22.3. The van der Waals surface area contributed by atoms with Gasteiger partial charge in [-0.2, -0.15) is 0 Å². The third kappa shape index (κ3) is 6.82. The number of methoxy groups -OCH3 is 1. The number of nitrogens with one attached hydrogen (secondary N) is 1. The first-order valence-electron chi connectivity index (χ1n) is 9.85. The van der Waals surface area contributed by atoms with E-state index in [0.29, 0.717) is 11.5 Å². The van der Waals surface area contributed by atoms with Gasteiger partial charge in [0.25, 0.3) is 5.91 Å². The molecule has 0 bridgehead atoms. The lowest BCUT2D eigenvalue weighted by Gasteiger charge is -2.29. The lowest BCUT2D eigenvalue weighted by Crippen LogP contribution is -2.50. The van der Waals surface area contributed by atoms with E-state index < -0.39 is 6.04 Å². The van der Waals surface area contributed by atoms with Crippen molar-refractivity contribution in [1.82, 2.24) is 10.2 Å². The van der Waals surface area contributed by atoms with E-state index in [9.17, 15) is 9.59 Å². The SMILES string of the molecule is CC[C@H](C)NC(=O)[C@H](C)N(Cc1cccc(OC)c1)C(=O)COc1ccccc1. The Morgan fingerprint density at radius 3 is 2.38 bits per heavy atom. The molecule has 156 valence electrons. The minimum atomic E-state index is -0.637. The summed E-state index contributed by atoms with van der Waals surface area (Å²) in [5, 5.41) is 2.95. The third-order valence-electron chi connectivity index (χ3n) is 4.76. The molecule has 2 aromatic rings. The van der Waals surface area contributed by atoms with Crippen molar-refractivity contribution in [2.24, 2.45) is 0 Å². The molecule has 0 aliphatic rings. The average Bonchev–Trinajstić information content (AvgIpc) is 2.76. The largest absolute Gasteiger partial charge is 0.497 e. The first-order chi connectivity index (χ1) is 13.9. The minimum Gasteiger partial charge on any atom is -0.497 e. The van der Waals surface area contributed by atoms with Crippen LogP contribution in [0.4, 0.5) is 0 Å². The summed E-state index contributed by atoms with van der Waals surface area (Å²) in [6.45, 7) is 5.82. The van der Waals surface area contributed by atoms with Crippen LogP contribution in [0.3, 0.4) is 0 Å². The summed E-state index contributed by atoms with van der Waals surface area (Å²) in [4.78, 5) is 27.2. The molecule has 2 aromatic carbocycles. The van der Waals surface area contributed by atoms with Gasteiger partial charge in [0.05, 0.1) is 7.11 Å². The number of carbonyl (C=O) groups is 2. The topological polar surface area (TPSA) is 67.9 Å². The Labute approximate surface area is 172 Å². The van der Waals surface area contributed by atoms with Crippen LogP contribution in [0.5, 0.6) is 11.5 Å². The molecule has 2 atom stereocenters. The van der Waals surface area contributed by atoms with Gasteiger partial charge in [-0.3, -0.25) is 9.59 Å². The molecule has 0 saturated heterocycles. The number of nitrogens with zero attached hydrogens (tertiary/aromatic N) is 1. The number of hydrogen-bond acceptors (Lipinski definition) is 4. The van der Waals surface area contributed by atoms with E-state index in [1.54, 1.807) is 26.2 Å². The van der Waals surface area contributed by atoms with Crippen LogP contribution >= 0.6 is 0 Å². The molecule has 0 aliphatic heterocycles. The van der Waals surface area contributed by atoms with Crippen molar-refractivity contribution in [3.8, 4) is 11.5 Å². The van der Waals surface area contributed by atoms with Crippen LogP contribution in [0.25, 0.3) is 0 Å². The number of ether oxygens (including phenoxy) is 2. The average molecular weight is 399 g/mol. The number of rotatable bonds is 10. The molecule has 6 nitrogen and oxygen atoms in total. The first-order valence-corrected chi connectivity index (χ1v) is 9.85. The van der Waals surface area contributed by atoms with E-state index in [1.165, 1.54) is 4.90 Å². The van der Waals surface area contributed by atoms with Crippen molar-refractivity contribution in [3.05, 3.63) is 60.2 Å². The lowest BCUT2D eigenvalue weighted by atomic mass is 10.1. The van der Waals surface area contributed by atoms with Crippen molar-refractivity contribution in [2.45, 2.75) is 45.8 Å². The third-order valence-corrected chi connectivity index (χ3v) is 4.76. The monoisotopic (exact) mass is 398 g/mol. The Morgan fingerprint density at radius 2 is 1.72 bits per heavy atom. The van der Waals surface area contributed by atoms with Crippen LogP contribution in [0.15, 0.2) is 54.6 Å². The van der Waals surface area contributed by atoms with Gasteiger partial charge in [0.15, 0.2) is 6.61 Å². The smallest absolute Gasteiger partial charge is 0.261 e. The molecule has 29 heavy (non-hydrogen) atoms. The highest BCUT2D eigenvalue weighted by Crippen LogP contribution is 2.17. The Bertz CT molecular complexity index is 794. The van der Waals surface area contributed by atoms with E-state index in [-0.39, 0.29) is 31.0 Å². The van der Waals surface area contributed by atoms with Crippen LogP contribution in [0, 0.1) is 0 Å². The fourth-order valence-corrected chi connectivity index (χ4v) is 2.76. The summed E-state index contributed by atoms with van der Waals surface area (Å²) >= 11 is 0. The van der Waals surface area contributed by atoms with Crippen molar-refractivity contribution in [2.75, 3.05) is 13.7 Å². The van der Waals surface area contributed by atoms with Crippen LogP contribution < -0.4 is 14.8 Å². The Morgan fingerprint density at radius 1 is 1.03 bits per heavy atom. The summed E-state index contributed by atoms with van der Waals surface area (Å²) in [5.74, 6) is 0.866. The van der Waals surface area contributed by atoms with Crippen molar-refractivity contribution in [3.63, 3.8) is 0 Å². The summed E-state index contributed by atoms with van der Waals surface area (Å²) < 4.78 is 10.9. The van der Waals surface area contributed by atoms with E-state index in [4.69, 9.17) is 9.47 Å². The maximum Gasteiger partial charge on any atom is 0.261 e. The maximum absolute atomic E-state index is 13.0. The fourth-order valence-electron chi connectivity index (χ4n) is 2.76. The quantitative estimate of drug-likeness (QED) is 0.666. The zero-order valence-corrected chi connectivity index (χ0v) is 17.6. The predicted molar refractivity (Wildman–Crippen MR) is 113 cm³/mol. The van der Waals surface area contributed by atoms with Crippen LogP contribution in [-0.2, 0) is 16.1 Å². The summed E-state index contributed by atoms with van der Waals surface area (Å²) in [6.07, 6.45) is 0.819. The van der Waals surface area contributed by atoms with Gasteiger partial charge in [0.2, 0.25) is 5.91 Å². The maximum atomic E-state index is 13.0. The summed E-state index contributed by atoms with van der Waals surface area (Å²) in [6, 6.07) is 16.0. The molecule has 1 N–H and O–H groups in total. The normalized spacial score (nSPS) is 12.6. The number of carbonyl (C=O) groups excluding carboxylic acids is 2. The fraction of sp³-hybridized carbons (Fsp3) is 0.391. The second kappa shape index (κ2) is 11.1. The molecule has 0 heterocycles. The van der Waals surface area contributed by atoms with Gasteiger partial charge in [-0.15, -0.1) is 0 Å². The van der Waals surface area contributed by atoms with Crippen LogP contribution in [0.1, 0.15) is 32.8 Å². The summed E-state index contributed by atoms with van der Waals surface area (Å²) in [7, 11) is 1.60. The molecule has 0 spiro atoms. The van der Waals surface area contributed by atoms with Crippen molar-refractivity contribution in [1.29, 1.82) is 0 Å². The van der Waals surface area contributed by atoms with Crippen LogP contribution in [-0.4, -0.2) is 42.5 Å². The summed E-state index contributed by atoms with van der Waals surface area (Å²) in [5.41, 5.74) is 0.876. The predicted octanol–water partition coefficient (Wildman–Crippen LogP) is 3.41. The molecule has 2 rings (SSSR count). The Kier molecular flexibility index (Phi) is 8.52. The van der Waals surface area contributed by atoms with E-state index in [2.05, 4.69) is 5.32 Å². The number of amides is 2.